The number of aromatic nitrogens is 2. The fourth-order valence-corrected chi connectivity index (χ4v) is 3.79. The van der Waals surface area contributed by atoms with Gasteiger partial charge in [0.1, 0.15) is 24.6 Å². The molecule has 1 aromatic heterocycles. The van der Waals surface area contributed by atoms with Crippen molar-refractivity contribution < 1.29 is 27.9 Å². The Hall–Kier alpha value is -3.63. The average Bonchev–Trinajstić information content (AvgIpc) is 3.13. The second kappa shape index (κ2) is 9.93. The summed E-state index contributed by atoms with van der Waals surface area (Å²) in [7, 11) is 1.49. The van der Waals surface area contributed by atoms with Crippen LogP contribution < -0.4 is 10.3 Å². The summed E-state index contributed by atoms with van der Waals surface area (Å²) < 4.78 is 33.5. The zero-order valence-electron chi connectivity index (χ0n) is 18.8. The molecule has 0 saturated carbocycles. The number of Topliss-reactive ketones (excluding diaryl/α,β-unsaturated/α-hetero) is 1. The van der Waals surface area contributed by atoms with Crippen LogP contribution in [0.4, 0.5) is 8.78 Å². The number of ketones is 1. The molecule has 1 atom stereocenters. The number of amides is 1. The summed E-state index contributed by atoms with van der Waals surface area (Å²) in [5, 5.41) is 0.766. The molecule has 11 heteroatoms. The van der Waals surface area contributed by atoms with Gasteiger partial charge in [0, 0.05) is 30.7 Å². The maximum atomic E-state index is 13.8. The van der Waals surface area contributed by atoms with Crippen molar-refractivity contribution in [1.29, 1.82) is 0 Å². The predicted octanol–water partition coefficient (Wildman–Crippen LogP) is 3.64. The van der Waals surface area contributed by atoms with E-state index in [4.69, 9.17) is 21.2 Å². The van der Waals surface area contributed by atoms with Crippen LogP contribution in [0.2, 0.25) is 5.02 Å². The third-order valence-electron chi connectivity index (χ3n) is 5.62. The molecule has 35 heavy (non-hydrogen) atoms. The third kappa shape index (κ3) is 5.08. The van der Waals surface area contributed by atoms with Gasteiger partial charge in [0.2, 0.25) is 5.88 Å². The van der Waals surface area contributed by atoms with Gasteiger partial charge in [-0.25, -0.2) is 18.8 Å². The van der Waals surface area contributed by atoms with Crippen molar-refractivity contribution in [3.05, 3.63) is 86.4 Å². The van der Waals surface area contributed by atoms with Crippen LogP contribution in [0.3, 0.4) is 0 Å². The number of hydrogen-bond acceptors (Lipinski definition) is 6. The minimum atomic E-state index is -0.802. The van der Waals surface area contributed by atoms with E-state index in [-0.39, 0.29) is 47.8 Å². The van der Waals surface area contributed by atoms with Crippen LogP contribution in [0.25, 0.3) is 5.69 Å². The molecule has 8 nitrogen and oxygen atoms in total. The van der Waals surface area contributed by atoms with Crippen LogP contribution in [0.5, 0.6) is 5.88 Å². The lowest BCUT2D eigenvalue weighted by Gasteiger charge is -2.13. The van der Waals surface area contributed by atoms with Gasteiger partial charge in [0.05, 0.1) is 18.2 Å². The van der Waals surface area contributed by atoms with Crippen LogP contribution in [-0.4, -0.2) is 40.0 Å². The molecule has 182 valence electrons. The van der Waals surface area contributed by atoms with Gasteiger partial charge in [-0.3, -0.25) is 23.8 Å². The van der Waals surface area contributed by atoms with Gasteiger partial charge in [-0.15, -0.1) is 0 Å². The lowest BCUT2D eigenvalue weighted by molar-refractivity contribution is -0.154. The van der Waals surface area contributed by atoms with Crippen LogP contribution in [-0.2, 0) is 16.2 Å². The van der Waals surface area contributed by atoms with Crippen molar-refractivity contribution in [3.8, 4) is 11.6 Å². The summed E-state index contributed by atoms with van der Waals surface area (Å²) in [6, 6.07) is 7.82. The quantitative estimate of drug-likeness (QED) is 0.457. The fraction of sp³-hybridized carbons (Fsp3) is 0.250. The zero-order valence-corrected chi connectivity index (χ0v) is 19.5. The maximum absolute atomic E-state index is 13.8. The molecule has 2 heterocycles. The molecule has 4 rings (SSSR count). The molecule has 0 N–H and O–H groups in total. The van der Waals surface area contributed by atoms with Gasteiger partial charge < -0.3 is 4.74 Å². The molecule has 1 fully saturated rings. The molecule has 0 unspecified atom stereocenters. The van der Waals surface area contributed by atoms with E-state index in [1.54, 1.807) is 19.1 Å². The molecular formula is C24H20ClF2N3O5. The lowest BCUT2D eigenvalue weighted by Crippen LogP contribution is -2.24. The second-order valence-corrected chi connectivity index (χ2v) is 8.40. The van der Waals surface area contributed by atoms with Crippen molar-refractivity contribution >= 4 is 23.3 Å². The third-order valence-corrected chi connectivity index (χ3v) is 5.94. The van der Waals surface area contributed by atoms with E-state index < -0.39 is 23.1 Å². The Labute approximate surface area is 203 Å². The highest BCUT2D eigenvalue weighted by atomic mass is 35.5. The first-order chi connectivity index (χ1) is 16.7. The van der Waals surface area contributed by atoms with E-state index in [0.29, 0.717) is 16.8 Å². The fourth-order valence-electron chi connectivity index (χ4n) is 3.60. The number of hydroxylamine groups is 2. The molecule has 0 radical (unpaired) electrons. The standard InChI is InChI=1S/C24H20ClF2N3O5/c1-13-3-4-14(20(31)8-16-11-35-29(2)23(16)32)7-19(13)30-12-28-22(21(25)24(30)33)34-10-15-5-6-17(26)9-18(15)27/h3-7,9,12,16H,8,10-11H2,1-2H3/t16-/m1/s1. The van der Waals surface area contributed by atoms with Crippen LogP contribution in [0.15, 0.2) is 47.5 Å². The number of rotatable bonds is 7. The van der Waals surface area contributed by atoms with Gasteiger partial charge in [0.25, 0.3) is 11.5 Å². The summed E-state index contributed by atoms with van der Waals surface area (Å²) in [5.41, 5.74) is 0.752. The maximum Gasteiger partial charge on any atom is 0.280 e. The topological polar surface area (TPSA) is 90.7 Å². The molecule has 3 aromatic rings. The normalized spacial score (nSPS) is 15.5. The highest BCUT2D eigenvalue weighted by Crippen LogP contribution is 2.24. The Morgan fingerprint density at radius 1 is 1.23 bits per heavy atom. The Kier molecular flexibility index (Phi) is 6.95. The van der Waals surface area contributed by atoms with Crippen molar-refractivity contribution in [3.63, 3.8) is 0 Å². The average molecular weight is 504 g/mol. The Morgan fingerprint density at radius 2 is 2.00 bits per heavy atom. The highest BCUT2D eigenvalue weighted by Gasteiger charge is 2.32. The summed E-state index contributed by atoms with van der Waals surface area (Å²) in [6.07, 6.45) is 1.15. The molecule has 1 saturated heterocycles. The first kappa shape index (κ1) is 24.5. The molecule has 1 aliphatic rings. The first-order valence-electron chi connectivity index (χ1n) is 10.5. The number of hydrogen-bond donors (Lipinski definition) is 0. The van der Waals surface area contributed by atoms with E-state index in [0.717, 1.165) is 21.8 Å². The number of carbonyl (C=O) groups is 2. The van der Waals surface area contributed by atoms with E-state index in [2.05, 4.69) is 4.98 Å². The number of aryl methyl sites for hydroxylation is 1. The van der Waals surface area contributed by atoms with Crippen LogP contribution in [0.1, 0.15) is 27.9 Å². The lowest BCUT2D eigenvalue weighted by atomic mass is 9.97. The van der Waals surface area contributed by atoms with Crippen molar-refractivity contribution in [2.45, 2.75) is 20.0 Å². The molecular weight excluding hydrogens is 484 g/mol. The summed E-state index contributed by atoms with van der Waals surface area (Å²) in [6.45, 7) is 1.56. The molecule has 0 bridgehead atoms. The van der Waals surface area contributed by atoms with E-state index in [9.17, 15) is 23.2 Å². The van der Waals surface area contributed by atoms with Crippen molar-refractivity contribution in [2.24, 2.45) is 5.92 Å². The molecule has 0 aliphatic carbocycles. The number of halogens is 3. The smallest absolute Gasteiger partial charge is 0.280 e. The second-order valence-electron chi connectivity index (χ2n) is 8.02. The molecule has 1 aliphatic heterocycles. The molecule has 1 amide bonds. The van der Waals surface area contributed by atoms with Gasteiger partial charge in [0.15, 0.2) is 10.8 Å². The zero-order chi connectivity index (χ0) is 25.3. The van der Waals surface area contributed by atoms with Gasteiger partial charge in [-0.2, -0.15) is 0 Å². The SMILES string of the molecule is Cc1ccc(C(=O)C[C@@H]2CON(C)C2=O)cc1-n1cnc(OCc2ccc(F)cc2F)c(Cl)c1=O. The Morgan fingerprint density at radius 3 is 2.69 bits per heavy atom. The monoisotopic (exact) mass is 503 g/mol. The predicted molar refractivity (Wildman–Crippen MR) is 121 cm³/mol. The van der Waals surface area contributed by atoms with Crippen LogP contribution >= 0.6 is 11.6 Å². The Bertz CT molecular complexity index is 1380. The highest BCUT2D eigenvalue weighted by molar-refractivity contribution is 6.31. The number of nitrogens with zero attached hydrogens (tertiary/aromatic N) is 3. The largest absolute Gasteiger partial charge is 0.471 e. The van der Waals surface area contributed by atoms with Crippen LogP contribution in [0, 0.1) is 24.5 Å². The van der Waals surface area contributed by atoms with Gasteiger partial charge in [-0.05, 0) is 30.7 Å². The summed E-state index contributed by atoms with van der Waals surface area (Å²) in [5.74, 6) is -2.87. The molecule has 2 aromatic carbocycles. The van der Waals surface area contributed by atoms with Crippen molar-refractivity contribution in [1.82, 2.24) is 14.6 Å². The van der Waals surface area contributed by atoms with E-state index in [1.165, 1.54) is 25.5 Å². The minimum absolute atomic E-state index is 0.0354. The number of ether oxygens (including phenoxy) is 1. The number of carbonyl (C=O) groups excluding carboxylic acids is 2. The number of benzene rings is 2. The summed E-state index contributed by atoms with van der Waals surface area (Å²) >= 11 is 6.18. The summed E-state index contributed by atoms with van der Waals surface area (Å²) in [4.78, 5) is 47.0. The Balaban J connectivity index is 1.56. The van der Waals surface area contributed by atoms with E-state index in [1.807, 2.05) is 0 Å². The van der Waals surface area contributed by atoms with Gasteiger partial charge in [-0.1, -0.05) is 23.7 Å². The minimum Gasteiger partial charge on any atom is -0.471 e. The van der Waals surface area contributed by atoms with E-state index >= 15 is 0 Å². The van der Waals surface area contributed by atoms with Gasteiger partial charge >= 0.3 is 0 Å². The van der Waals surface area contributed by atoms with Crippen molar-refractivity contribution in [2.75, 3.05) is 13.7 Å². The first-order valence-corrected chi connectivity index (χ1v) is 10.9. The molecule has 0 spiro atoms.